The van der Waals surface area contributed by atoms with Gasteiger partial charge in [0.25, 0.3) is 0 Å². The summed E-state index contributed by atoms with van der Waals surface area (Å²) >= 11 is 14.9. The van der Waals surface area contributed by atoms with Gasteiger partial charge in [-0.25, -0.2) is 0 Å². The molecule has 2 rings (SSSR count). The molecule has 0 N–H and O–H groups in total. The SMILES string of the molecule is Clc1ccnc2ccccc12.O=C(Cl)C(=O)Cl. The molecule has 0 aliphatic heterocycles. The summed E-state index contributed by atoms with van der Waals surface area (Å²) in [6.07, 6.45) is 1.71. The molecular formula is C11H6Cl3NO2. The number of hydrogen-bond acceptors (Lipinski definition) is 3. The van der Waals surface area contributed by atoms with Crippen LogP contribution >= 0.6 is 34.8 Å². The lowest BCUT2D eigenvalue weighted by atomic mass is 10.2. The second kappa shape index (κ2) is 6.55. The number of nitrogens with zero attached hydrogens (tertiary/aromatic N) is 1. The van der Waals surface area contributed by atoms with Gasteiger partial charge in [-0.05, 0) is 35.3 Å². The van der Waals surface area contributed by atoms with E-state index in [1.165, 1.54) is 0 Å². The predicted octanol–water partition coefficient (Wildman–Crippen LogP) is 3.41. The first kappa shape index (κ1) is 13.9. The van der Waals surface area contributed by atoms with Gasteiger partial charge < -0.3 is 0 Å². The highest BCUT2D eigenvalue weighted by molar-refractivity contribution is 6.97. The molecule has 0 saturated heterocycles. The second-order valence-electron chi connectivity index (χ2n) is 2.86. The molecule has 6 heteroatoms. The Kier molecular flexibility index (Phi) is 5.35. The third-order valence-corrected chi connectivity index (χ3v) is 2.52. The van der Waals surface area contributed by atoms with Gasteiger partial charge in [0.2, 0.25) is 0 Å². The number of fused-ring (bicyclic) bond motifs is 1. The van der Waals surface area contributed by atoms with Crippen molar-refractivity contribution in [3.05, 3.63) is 41.6 Å². The highest BCUT2D eigenvalue weighted by atomic mass is 35.5. The van der Waals surface area contributed by atoms with Crippen LogP contribution in [0.25, 0.3) is 10.9 Å². The van der Waals surface area contributed by atoms with Gasteiger partial charge in [0.1, 0.15) is 0 Å². The van der Waals surface area contributed by atoms with Gasteiger partial charge in [0.05, 0.1) is 10.5 Å². The first-order valence-corrected chi connectivity index (χ1v) is 5.54. The third kappa shape index (κ3) is 4.30. The van der Waals surface area contributed by atoms with E-state index in [1.807, 2.05) is 24.3 Å². The van der Waals surface area contributed by atoms with E-state index >= 15 is 0 Å². The van der Waals surface area contributed by atoms with Gasteiger partial charge in [-0.2, -0.15) is 0 Å². The molecule has 0 bridgehead atoms. The molecule has 0 fully saturated rings. The fraction of sp³-hybridized carbons (Fsp3) is 0. The number of benzene rings is 1. The van der Waals surface area contributed by atoms with Crippen molar-refractivity contribution in [2.75, 3.05) is 0 Å². The summed E-state index contributed by atoms with van der Waals surface area (Å²) in [6, 6.07) is 9.61. The highest BCUT2D eigenvalue weighted by Gasteiger charge is 2.01. The number of para-hydroxylation sites is 1. The zero-order valence-corrected chi connectivity index (χ0v) is 10.6. The minimum absolute atomic E-state index is 0.760. The van der Waals surface area contributed by atoms with E-state index in [2.05, 4.69) is 28.2 Å². The van der Waals surface area contributed by atoms with Crippen LogP contribution in [0.15, 0.2) is 36.5 Å². The number of rotatable bonds is 1. The molecule has 88 valence electrons. The van der Waals surface area contributed by atoms with E-state index in [9.17, 15) is 9.59 Å². The van der Waals surface area contributed by atoms with Gasteiger partial charge >= 0.3 is 10.5 Å². The van der Waals surface area contributed by atoms with Gasteiger partial charge in [0.15, 0.2) is 0 Å². The number of hydrogen-bond donors (Lipinski definition) is 0. The number of aromatic nitrogens is 1. The van der Waals surface area contributed by atoms with Gasteiger partial charge in [-0.1, -0.05) is 29.8 Å². The summed E-state index contributed by atoms with van der Waals surface area (Å²) in [6.45, 7) is 0. The van der Waals surface area contributed by atoms with E-state index in [-0.39, 0.29) is 0 Å². The van der Waals surface area contributed by atoms with Gasteiger partial charge in [-0.15, -0.1) is 0 Å². The van der Waals surface area contributed by atoms with Crippen LogP contribution in [-0.4, -0.2) is 15.5 Å². The lowest BCUT2D eigenvalue weighted by molar-refractivity contribution is -0.127. The summed E-state index contributed by atoms with van der Waals surface area (Å²) in [4.78, 5) is 23.0. The molecular weight excluding hydrogens is 284 g/mol. The molecule has 17 heavy (non-hydrogen) atoms. The Balaban J connectivity index is 0.000000209. The molecule has 1 aromatic carbocycles. The monoisotopic (exact) mass is 289 g/mol. The van der Waals surface area contributed by atoms with E-state index in [0.717, 1.165) is 15.9 Å². The molecule has 0 unspecified atom stereocenters. The Bertz CT molecular complexity index is 540. The molecule has 3 nitrogen and oxygen atoms in total. The minimum atomic E-state index is -1.14. The maximum Gasteiger partial charge on any atom is 0.304 e. The van der Waals surface area contributed by atoms with Crippen molar-refractivity contribution in [3.63, 3.8) is 0 Å². The quantitative estimate of drug-likeness (QED) is 0.597. The normalized spacial score (nSPS) is 9.35. The van der Waals surface area contributed by atoms with Gasteiger partial charge in [0, 0.05) is 11.6 Å². The number of carbonyl (C=O) groups excluding carboxylic acids is 2. The average molecular weight is 291 g/mol. The zero-order chi connectivity index (χ0) is 12.8. The van der Waals surface area contributed by atoms with Crippen LogP contribution in [0.4, 0.5) is 0 Å². The highest BCUT2D eigenvalue weighted by Crippen LogP contribution is 2.19. The fourth-order valence-corrected chi connectivity index (χ4v) is 1.28. The standard InChI is InChI=1S/C9H6ClN.C2Cl2O2/c10-8-5-6-11-9-4-2-1-3-7(8)9;3-1(5)2(4)6/h1-6H;. The average Bonchev–Trinajstić information content (AvgIpc) is 2.30. The summed E-state index contributed by atoms with van der Waals surface area (Å²) in [5.74, 6) is 0. The number of carbonyl (C=O) groups is 2. The van der Waals surface area contributed by atoms with Gasteiger partial charge in [-0.3, -0.25) is 14.6 Å². The van der Waals surface area contributed by atoms with Crippen molar-refractivity contribution in [2.24, 2.45) is 0 Å². The summed E-state index contributed by atoms with van der Waals surface area (Å²) < 4.78 is 0. The molecule has 1 heterocycles. The van der Waals surface area contributed by atoms with Crippen LogP contribution < -0.4 is 0 Å². The predicted molar refractivity (Wildman–Crippen MR) is 68.5 cm³/mol. The Morgan fingerprint density at radius 2 is 1.59 bits per heavy atom. The second-order valence-corrected chi connectivity index (χ2v) is 3.95. The molecule has 0 aliphatic carbocycles. The summed E-state index contributed by atoms with van der Waals surface area (Å²) in [5, 5.41) is -0.513. The molecule has 0 saturated carbocycles. The van der Waals surface area contributed by atoms with E-state index in [0.29, 0.717) is 0 Å². The maximum absolute atomic E-state index is 9.43. The molecule has 1 aromatic heterocycles. The summed E-state index contributed by atoms with van der Waals surface area (Å²) in [5.41, 5.74) is 0.944. The molecule has 0 radical (unpaired) electrons. The van der Waals surface area contributed by atoms with Crippen LogP contribution in [0, 0.1) is 0 Å². The minimum Gasteiger partial charge on any atom is -0.271 e. The Labute approximate surface area is 112 Å². The number of pyridine rings is 1. The lowest BCUT2D eigenvalue weighted by Crippen LogP contribution is -1.94. The molecule has 0 amide bonds. The largest absolute Gasteiger partial charge is 0.304 e. The molecule has 0 atom stereocenters. The maximum atomic E-state index is 9.43. The van der Waals surface area contributed by atoms with E-state index in [4.69, 9.17) is 11.6 Å². The van der Waals surface area contributed by atoms with Crippen LogP contribution in [0.3, 0.4) is 0 Å². The van der Waals surface area contributed by atoms with Crippen molar-refractivity contribution in [3.8, 4) is 0 Å². The number of halogens is 3. The van der Waals surface area contributed by atoms with Crippen LogP contribution in [-0.2, 0) is 9.59 Å². The first-order valence-electron chi connectivity index (χ1n) is 4.41. The van der Waals surface area contributed by atoms with Crippen molar-refractivity contribution < 1.29 is 9.59 Å². The van der Waals surface area contributed by atoms with Crippen molar-refractivity contribution in [1.29, 1.82) is 0 Å². The van der Waals surface area contributed by atoms with Crippen molar-refractivity contribution >= 4 is 56.2 Å². The van der Waals surface area contributed by atoms with Crippen LogP contribution in [0.1, 0.15) is 0 Å². The van der Waals surface area contributed by atoms with Crippen molar-refractivity contribution in [1.82, 2.24) is 4.98 Å². The Morgan fingerprint density at radius 1 is 1.00 bits per heavy atom. The third-order valence-electron chi connectivity index (χ3n) is 1.75. The smallest absolute Gasteiger partial charge is 0.271 e. The topological polar surface area (TPSA) is 47.0 Å². The first-order chi connectivity index (χ1) is 8.02. The molecule has 2 aromatic rings. The summed E-state index contributed by atoms with van der Waals surface area (Å²) in [7, 11) is 0. The fourth-order valence-electron chi connectivity index (χ4n) is 1.06. The van der Waals surface area contributed by atoms with Crippen LogP contribution in [0.5, 0.6) is 0 Å². The van der Waals surface area contributed by atoms with Crippen molar-refractivity contribution in [2.45, 2.75) is 0 Å². The van der Waals surface area contributed by atoms with E-state index in [1.54, 1.807) is 12.3 Å². The Morgan fingerprint density at radius 3 is 2.12 bits per heavy atom. The van der Waals surface area contributed by atoms with E-state index < -0.39 is 10.5 Å². The lowest BCUT2D eigenvalue weighted by Gasteiger charge is -1.96. The Hall–Kier alpha value is -1.16. The zero-order valence-electron chi connectivity index (χ0n) is 8.36. The molecule has 0 aliphatic rings. The van der Waals surface area contributed by atoms with Crippen LogP contribution in [0.2, 0.25) is 5.02 Å². The molecule has 0 spiro atoms.